The molecule has 0 amide bonds. The summed E-state index contributed by atoms with van der Waals surface area (Å²) in [7, 11) is 0. The average molecular weight is 1840 g/mol. The van der Waals surface area contributed by atoms with Crippen LogP contribution in [0.1, 0.15) is 11.1 Å². The maximum Gasteiger partial charge on any atom is 0.104 e. The molecular weight excluding hydrogens is 1770 g/mol. The second kappa shape index (κ2) is 32.1. The van der Waals surface area contributed by atoms with Crippen molar-refractivity contribution in [1.29, 1.82) is 10.5 Å². The fourth-order valence-corrected chi connectivity index (χ4v) is 23.2. The number of nitrogens with zero attached hydrogens (tertiary/aromatic N) is 18. The van der Waals surface area contributed by atoms with E-state index in [1.54, 1.807) is 0 Å². The normalized spacial score (nSPS) is 11.9. The summed E-state index contributed by atoms with van der Waals surface area (Å²) in [6.07, 6.45) is 22.6. The Hall–Kier alpha value is -20.3. The SMILES string of the molecule is N#Cc1c(-n2c3ccccc3c3ccncc32)c(-n2c3ccccc3c3ccncc32)c(-c2cccc(-c3ccccc3)c2)c(-n2c3ccccc3c3ccncc32)c1-n1c2ccccc2c2ccncc21.N#Cc1c(-n2c3ccccc3c3ncccc32)c(-n2c3ccccc3c3ncccc32)c(-c2cccc(-c3ccccc3)c2)c(-n2c3ccccc3c3ncccc32)c1-n1c2ccccc2c2ncccc21. The van der Waals surface area contributed by atoms with E-state index in [1.807, 2.05) is 98.6 Å². The highest BCUT2D eigenvalue weighted by Crippen LogP contribution is 2.56. The van der Waals surface area contributed by atoms with Crippen LogP contribution >= 0.6 is 0 Å². The van der Waals surface area contributed by atoms with Crippen molar-refractivity contribution in [2.45, 2.75) is 0 Å². The summed E-state index contributed by atoms with van der Waals surface area (Å²) in [4.78, 5) is 39.6. The molecule has 0 unspecified atom stereocenters. The van der Waals surface area contributed by atoms with Gasteiger partial charge in [-0.2, -0.15) is 10.5 Å². The van der Waals surface area contributed by atoms with E-state index in [1.165, 1.54) is 0 Å². The number of hydrogen-bond donors (Lipinski definition) is 0. The Morgan fingerprint density at radius 3 is 0.632 bits per heavy atom. The fraction of sp³-hybridized carbons (Fsp3) is 0. The number of benzene rings is 14. The number of fused-ring (bicyclic) bond motifs is 24. The van der Waals surface area contributed by atoms with Crippen molar-refractivity contribution in [3.05, 3.63) is 462 Å². The molecule has 0 saturated carbocycles. The number of rotatable bonds is 12. The fourth-order valence-electron chi connectivity index (χ4n) is 23.2. The van der Waals surface area contributed by atoms with Crippen LogP contribution in [-0.4, -0.2) is 76.4 Å². The van der Waals surface area contributed by atoms with Crippen LogP contribution in [0.2, 0.25) is 0 Å². The van der Waals surface area contributed by atoms with Crippen molar-refractivity contribution in [2.75, 3.05) is 0 Å². The summed E-state index contributed by atoms with van der Waals surface area (Å²) in [5.41, 5.74) is 32.7. The minimum Gasteiger partial charge on any atom is -0.305 e. The zero-order chi connectivity index (χ0) is 94.9. The number of nitriles is 2. The van der Waals surface area contributed by atoms with Crippen LogP contribution < -0.4 is 0 Å². The maximum atomic E-state index is 12.7. The third-order valence-corrected chi connectivity index (χ3v) is 28.9. The number of hydrogen-bond acceptors (Lipinski definition) is 10. The van der Waals surface area contributed by atoms with Crippen LogP contribution in [0.4, 0.5) is 0 Å². The van der Waals surface area contributed by atoms with Gasteiger partial charge in [0.2, 0.25) is 0 Å². The Kier molecular flexibility index (Phi) is 18.1. The highest BCUT2D eigenvalue weighted by molar-refractivity contribution is 6.21. The second-order valence-electron chi connectivity index (χ2n) is 36.3. The van der Waals surface area contributed by atoms with Crippen molar-refractivity contribution < 1.29 is 0 Å². The van der Waals surface area contributed by atoms with Gasteiger partial charge in [-0.1, -0.05) is 243 Å². The molecule has 144 heavy (non-hydrogen) atoms. The van der Waals surface area contributed by atoms with Gasteiger partial charge in [-0.25, -0.2) is 0 Å². The lowest BCUT2D eigenvalue weighted by molar-refractivity contribution is 1.03. The van der Waals surface area contributed by atoms with Gasteiger partial charge in [-0.05, 0) is 167 Å². The van der Waals surface area contributed by atoms with Crippen LogP contribution in [0.25, 0.3) is 265 Å². The van der Waals surface area contributed by atoms with E-state index in [9.17, 15) is 10.5 Å². The van der Waals surface area contributed by atoms with Gasteiger partial charge >= 0.3 is 0 Å². The number of pyridine rings is 8. The lowest BCUT2D eigenvalue weighted by Crippen LogP contribution is -2.16. The maximum absolute atomic E-state index is 12.7. The van der Waals surface area contributed by atoms with E-state index in [-0.39, 0.29) is 0 Å². The first-order valence-electron chi connectivity index (χ1n) is 47.9. The molecule has 0 aliphatic carbocycles. The highest BCUT2D eigenvalue weighted by Gasteiger charge is 2.39. The summed E-state index contributed by atoms with van der Waals surface area (Å²) in [6.45, 7) is 0. The quantitative estimate of drug-likeness (QED) is 0.114. The van der Waals surface area contributed by atoms with Crippen molar-refractivity contribution in [3.63, 3.8) is 0 Å². The van der Waals surface area contributed by atoms with Crippen molar-refractivity contribution in [2.24, 2.45) is 0 Å². The molecule has 0 atom stereocenters. The van der Waals surface area contributed by atoms with Gasteiger partial charge in [0.05, 0.1) is 181 Å². The summed E-state index contributed by atoms with van der Waals surface area (Å²) >= 11 is 0. The first-order chi connectivity index (χ1) is 71.5. The van der Waals surface area contributed by atoms with E-state index in [0.29, 0.717) is 33.9 Å². The molecule has 668 valence electrons. The molecule has 0 bridgehead atoms. The molecule has 0 fully saturated rings. The Morgan fingerprint density at radius 1 is 0.160 bits per heavy atom. The van der Waals surface area contributed by atoms with Gasteiger partial charge < -0.3 is 36.5 Å². The molecule has 14 aromatic carbocycles. The largest absolute Gasteiger partial charge is 0.305 e. The summed E-state index contributed by atoms with van der Waals surface area (Å²) in [6, 6.07) is 137. The monoisotopic (exact) mass is 1840 g/mol. The topological polar surface area (TPSA) is 190 Å². The third-order valence-electron chi connectivity index (χ3n) is 28.9. The highest BCUT2D eigenvalue weighted by atomic mass is 15.2. The van der Waals surface area contributed by atoms with Gasteiger partial charge in [0.25, 0.3) is 0 Å². The summed E-state index contributed by atoms with van der Waals surface area (Å²) in [5, 5.41) is 37.6. The molecule has 0 N–H and O–H groups in total. The number of para-hydroxylation sites is 8. The molecule has 30 rings (SSSR count). The van der Waals surface area contributed by atoms with Crippen molar-refractivity contribution in [1.82, 2.24) is 76.4 Å². The van der Waals surface area contributed by atoms with E-state index in [0.717, 1.165) is 242 Å². The van der Waals surface area contributed by atoms with E-state index in [2.05, 4.69) is 401 Å². The second-order valence-corrected chi connectivity index (χ2v) is 36.3. The molecule has 0 spiro atoms. The molecule has 16 aromatic heterocycles. The molecule has 16 heterocycles. The Morgan fingerprint density at radius 2 is 0.361 bits per heavy atom. The Balaban J connectivity index is 0.000000137. The summed E-state index contributed by atoms with van der Waals surface area (Å²) < 4.78 is 18.5. The number of aromatic nitrogens is 16. The molecular formula is C126H74N18. The van der Waals surface area contributed by atoms with Crippen LogP contribution in [0, 0.1) is 22.7 Å². The zero-order valence-electron chi connectivity index (χ0n) is 76.8. The molecule has 0 aliphatic rings. The molecule has 0 radical (unpaired) electrons. The molecule has 18 nitrogen and oxygen atoms in total. The predicted molar refractivity (Wildman–Crippen MR) is 581 cm³/mol. The third kappa shape index (κ3) is 11.8. The molecule has 0 aliphatic heterocycles. The van der Waals surface area contributed by atoms with Crippen LogP contribution in [0.5, 0.6) is 0 Å². The van der Waals surface area contributed by atoms with Crippen molar-refractivity contribution >= 4 is 175 Å². The smallest absolute Gasteiger partial charge is 0.104 e. The zero-order valence-corrected chi connectivity index (χ0v) is 76.8. The van der Waals surface area contributed by atoms with E-state index in [4.69, 9.17) is 39.9 Å². The van der Waals surface area contributed by atoms with E-state index < -0.39 is 0 Å². The molecule has 18 heteroatoms. The predicted octanol–water partition coefficient (Wildman–Crippen LogP) is 29.7. The lowest BCUT2D eigenvalue weighted by Gasteiger charge is -2.29. The lowest BCUT2D eigenvalue weighted by atomic mass is 9.91. The van der Waals surface area contributed by atoms with Gasteiger partial charge in [0, 0.05) is 125 Å². The van der Waals surface area contributed by atoms with Crippen LogP contribution in [-0.2, 0) is 0 Å². The van der Waals surface area contributed by atoms with Gasteiger partial charge in [0.1, 0.15) is 23.3 Å². The van der Waals surface area contributed by atoms with Gasteiger partial charge in [-0.3, -0.25) is 39.9 Å². The standard InChI is InChI=1S/2C63H37N9/c64-38-46-60(69-47-25-8-4-21-42(47)56-51(69)29-13-33-65-56)62(71-49-27-10-6-23-44(49)58-53(71)31-15-35-67-58)55(41-20-12-19-40(37-41)39-17-2-1-3-18-39)63(72-50-28-11-7-24-45(50)59-54(72)32-16-36-68-59)61(46)70-48-26-9-5-22-43(48)57-52(70)30-14-34-66-57;64-34-50-60(69-51-21-8-4-17-42(51)46-25-29-65-35-55(46)69)62(71-53-23-10-6-19-44(53)48-27-31-67-37-57(48)71)59(41-16-12-15-40(33-41)39-13-2-1-3-14-39)63(72-54-24-11-7-20-45(54)49-28-32-68-38-58(49)72)61(50)70-52-22-9-5-18-43(52)47-26-30-66-36-56(47)70/h1-37H;1-33,35-38H. The Labute approximate surface area is 820 Å². The first-order valence-corrected chi connectivity index (χ1v) is 47.9. The Bertz CT molecular complexity index is 9230. The average Bonchev–Trinajstić information content (AvgIpc) is 1.61. The van der Waals surface area contributed by atoms with Crippen LogP contribution in [0.3, 0.4) is 0 Å². The van der Waals surface area contributed by atoms with Gasteiger partial charge in [0.15, 0.2) is 0 Å². The van der Waals surface area contributed by atoms with Crippen molar-refractivity contribution in [3.8, 4) is 102 Å². The van der Waals surface area contributed by atoms with Crippen LogP contribution in [0.15, 0.2) is 450 Å². The molecule has 30 aromatic rings. The van der Waals surface area contributed by atoms with E-state index >= 15 is 0 Å². The minimum absolute atomic E-state index is 0.450. The summed E-state index contributed by atoms with van der Waals surface area (Å²) in [5.74, 6) is 0. The minimum atomic E-state index is 0.450. The van der Waals surface area contributed by atoms with Gasteiger partial charge in [-0.15, -0.1) is 0 Å². The first kappa shape index (κ1) is 80.9. The molecule has 0 saturated heterocycles.